The zero-order chi connectivity index (χ0) is 24.0. The smallest absolute Gasteiger partial charge is 0.263 e. The average molecular weight is 486 g/mol. The van der Waals surface area contributed by atoms with Crippen LogP contribution in [0.15, 0.2) is 71.6 Å². The monoisotopic (exact) mass is 485 g/mol. The summed E-state index contributed by atoms with van der Waals surface area (Å²) in [6.45, 7) is 4.34. The number of benzene rings is 3. The highest BCUT2D eigenvalue weighted by molar-refractivity contribution is 7.92. The van der Waals surface area contributed by atoms with E-state index >= 15 is 0 Å². The topological polar surface area (TPSA) is 104 Å². The number of amides is 2. The summed E-state index contributed by atoms with van der Waals surface area (Å²) in [5, 5.41) is 5.43. The number of carbonyl (C=O) groups is 2. The molecule has 0 fully saturated rings. The van der Waals surface area contributed by atoms with Crippen LogP contribution in [-0.4, -0.2) is 26.8 Å². The van der Waals surface area contributed by atoms with Crippen molar-refractivity contribution in [1.29, 1.82) is 0 Å². The predicted octanol–water partition coefficient (Wildman–Crippen LogP) is 4.84. The van der Waals surface area contributed by atoms with E-state index in [9.17, 15) is 18.0 Å². The van der Waals surface area contributed by atoms with Gasteiger partial charge in [-0.05, 0) is 55.8 Å². The van der Waals surface area contributed by atoms with Gasteiger partial charge in [0.05, 0.1) is 16.3 Å². The molecule has 0 aliphatic carbocycles. The molecule has 0 bridgehead atoms. The fraction of sp³-hybridized carbons (Fsp3) is 0.167. The Kier molecular flexibility index (Phi) is 7.73. The molecule has 0 aliphatic rings. The number of anilines is 2. The van der Waals surface area contributed by atoms with E-state index in [0.29, 0.717) is 23.5 Å². The number of hydrogen-bond acceptors (Lipinski definition) is 4. The fourth-order valence-corrected chi connectivity index (χ4v) is 4.59. The van der Waals surface area contributed by atoms with Crippen LogP contribution in [-0.2, 0) is 10.0 Å². The molecular weight excluding hydrogens is 462 g/mol. The number of carbonyl (C=O) groups excluding carboxylic acids is 2. The lowest BCUT2D eigenvalue weighted by atomic mass is 10.1. The van der Waals surface area contributed by atoms with Crippen molar-refractivity contribution in [3.8, 4) is 0 Å². The van der Waals surface area contributed by atoms with E-state index in [1.54, 1.807) is 48.5 Å². The summed E-state index contributed by atoms with van der Waals surface area (Å²) in [6.07, 6.45) is 0.777. The minimum Gasteiger partial charge on any atom is -0.352 e. The molecule has 3 rings (SSSR count). The summed E-state index contributed by atoms with van der Waals surface area (Å²) >= 11 is 6.15. The maximum Gasteiger partial charge on any atom is 0.263 e. The molecule has 3 N–H and O–H groups in total. The Morgan fingerprint density at radius 2 is 1.64 bits per heavy atom. The van der Waals surface area contributed by atoms with Gasteiger partial charge >= 0.3 is 0 Å². The molecule has 0 saturated heterocycles. The van der Waals surface area contributed by atoms with Crippen LogP contribution in [0, 0.1) is 6.92 Å². The third kappa shape index (κ3) is 6.12. The molecule has 2 amide bonds. The Labute approximate surface area is 198 Å². The standard InChI is InChI=1S/C24H24ClN3O4S/c1-3-14-26-24(30)19-6-4-5-7-21(19)27-23(29)17-10-13-20(25)22(15-17)33(31,32)28-18-11-8-16(2)9-12-18/h4-13,15,28H,3,14H2,1-2H3,(H,26,30)(H,27,29). The molecule has 9 heteroatoms. The number of halogens is 1. The molecule has 33 heavy (non-hydrogen) atoms. The van der Waals surface area contributed by atoms with Gasteiger partial charge in [-0.1, -0.05) is 48.4 Å². The number of hydrogen-bond donors (Lipinski definition) is 3. The number of aryl methyl sites for hydroxylation is 1. The van der Waals surface area contributed by atoms with Crippen molar-refractivity contribution in [2.45, 2.75) is 25.2 Å². The van der Waals surface area contributed by atoms with Crippen LogP contribution < -0.4 is 15.4 Å². The van der Waals surface area contributed by atoms with E-state index in [0.717, 1.165) is 12.0 Å². The van der Waals surface area contributed by atoms with Crippen LogP contribution in [0.3, 0.4) is 0 Å². The Morgan fingerprint density at radius 3 is 2.33 bits per heavy atom. The van der Waals surface area contributed by atoms with E-state index in [2.05, 4.69) is 15.4 Å². The van der Waals surface area contributed by atoms with E-state index in [4.69, 9.17) is 11.6 Å². The lowest BCUT2D eigenvalue weighted by Crippen LogP contribution is -2.25. The molecule has 0 radical (unpaired) electrons. The van der Waals surface area contributed by atoms with Gasteiger partial charge in [-0.2, -0.15) is 0 Å². The van der Waals surface area contributed by atoms with Gasteiger partial charge in [0.25, 0.3) is 21.8 Å². The van der Waals surface area contributed by atoms with Gasteiger partial charge < -0.3 is 10.6 Å². The van der Waals surface area contributed by atoms with Crippen LogP contribution in [0.2, 0.25) is 5.02 Å². The number of sulfonamides is 1. The fourth-order valence-electron chi connectivity index (χ4n) is 3.00. The maximum absolute atomic E-state index is 12.9. The highest BCUT2D eigenvalue weighted by Crippen LogP contribution is 2.26. The first-order valence-electron chi connectivity index (χ1n) is 10.3. The minimum atomic E-state index is -4.04. The Hall–Kier alpha value is -3.36. The molecule has 0 heterocycles. The first-order chi connectivity index (χ1) is 15.7. The highest BCUT2D eigenvalue weighted by atomic mass is 35.5. The van der Waals surface area contributed by atoms with Crippen LogP contribution in [0.5, 0.6) is 0 Å². The van der Waals surface area contributed by atoms with Crippen LogP contribution in [0.25, 0.3) is 0 Å². The summed E-state index contributed by atoms with van der Waals surface area (Å²) in [5.41, 5.74) is 2.06. The normalized spacial score (nSPS) is 11.0. The van der Waals surface area contributed by atoms with Crippen molar-refractivity contribution in [3.05, 3.63) is 88.4 Å². The van der Waals surface area contributed by atoms with Crippen molar-refractivity contribution in [3.63, 3.8) is 0 Å². The predicted molar refractivity (Wildman–Crippen MR) is 130 cm³/mol. The third-order valence-electron chi connectivity index (χ3n) is 4.74. The van der Waals surface area contributed by atoms with Crippen molar-refractivity contribution in [2.75, 3.05) is 16.6 Å². The molecule has 0 spiro atoms. The first kappa shape index (κ1) is 24.3. The molecule has 172 valence electrons. The first-order valence-corrected chi connectivity index (χ1v) is 12.1. The Balaban J connectivity index is 1.86. The van der Waals surface area contributed by atoms with Gasteiger partial charge in [-0.25, -0.2) is 8.42 Å². The molecule has 3 aromatic rings. The maximum atomic E-state index is 12.9. The van der Waals surface area contributed by atoms with Gasteiger partial charge in [0.2, 0.25) is 0 Å². The van der Waals surface area contributed by atoms with Gasteiger partial charge in [-0.15, -0.1) is 0 Å². The van der Waals surface area contributed by atoms with Gasteiger partial charge in [-0.3, -0.25) is 14.3 Å². The second-order valence-electron chi connectivity index (χ2n) is 7.37. The zero-order valence-electron chi connectivity index (χ0n) is 18.2. The molecule has 0 saturated carbocycles. The number of nitrogens with one attached hydrogen (secondary N) is 3. The molecule has 0 atom stereocenters. The van der Waals surface area contributed by atoms with Crippen LogP contribution >= 0.6 is 11.6 Å². The average Bonchev–Trinajstić information content (AvgIpc) is 2.79. The molecule has 3 aromatic carbocycles. The largest absolute Gasteiger partial charge is 0.352 e. The third-order valence-corrected chi connectivity index (χ3v) is 6.61. The van der Waals surface area contributed by atoms with Crippen LogP contribution in [0.4, 0.5) is 11.4 Å². The summed E-state index contributed by atoms with van der Waals surface area (Å²) in [5.74, 6) is -0.886. The summed E-state index contributed by atoms with van der Waals surface area (Å²) in [4.78, 5) is 25.1. The number of para-hydroxylation sites is 1. The Morgan fingerprint density at radius 1 is 0.939 bits per heavy atom. The summed E-state index contributed by atoms with van der Waals surface area (Å²) in [7, 11) is -4.04. The molecule has 0 unspecified atom stereocenters. The Bertz CT molecular complexity index is 1280. The summed E-state index contributed by atoms with van der Waals surface area (Å²) in [6, 6.07) is 17.4. The van der Waals surface area contributed by atoms with Crippen molar-refractivity contribution >= 4 is 44.8 Å². The van der Waals surface area contributed by atoms with E-state index in [-0.39, 0.29) is 21.4 Å². The molecule has 0 aromatic heterocycles. The van der Waals surface area contributed by atoms with Crippen molar-refractivity contribution in [2.24, 2.45) is 0 Å². The second-order valence-corrected chi connectivity index (χ2v) is 9.43. The van der Waals surface area contributed by atoms with Crippen LogP contribution in [0.1, 0.15) is 39.6 Å². The lowest BCUT2D eigenvalue weighted by Gasteiger charge is -2.13. The lowest BCUT2D eigenvalue weighted by molar-refractivity contribution is 0.0954. The molecular formula is C24H24ClN3O4S. The van der Waals surface area contributed by atoms with Gasteiger partial charge in [0.15, 0.2) is 0 Å². The van der Waals surface area contributed by atoms with Gasteiger partial charge in [0, 0.05) is 17.8 Å². The SMILES string of the molecule is CCCNC(=O)c1ccccc1NC(=O)c1ccc(Cl)c(S(=O)(=O)Nc2ccc(C)cc2)c1. The van der Waals surface area contributed by atoms with Crippen molar-refractivity contribution < 1.29 is 18.0 Å². The second kappa shape index (κ2) is 10.5. The molecule has 7 nitrogen and oxygen atoms in total. The van der Waals surface area contributed by atoms with E-state index in [1.807, 2.05) is 13.8 Å². The van der Waals surface area contributed by atoms with E-state index < -0.39 is 15.9 Å². The minimum absolute atomic E-state index is 0.0227. The summed E-state index contributed by atoms with van der Waals surface area (Å²) < 4.78 is 28.3. The van der Waals surface area contributed by atoms with Crippen molar-refractivity contribution in [1.82, 2.24) is 5.32 Å². The van der Waals surface area contributed by atoms with Gasteiger partial charge in [0.1, 0.15) is 4.90 Å². The molecule has 0 aliphatic heterocycles. The highest BCUT2D eigenvalue weighted by Gasteiger charge is 2.21. The quantitative estimate of drug-likeness (QED) is 0.424. The van der Waals surface area contributed by atoms with E-state index in [1.165, 1.54) is 18.2 Å². The number of rotatable bonds is 8. The zero-order valence-corrected chi connectivity index (χ0v) is 19.8.